The molecule has 9 nitrogen and oxygen atoms in total. The van der Waals surface area contributed by atoms with E-state index in [0.29, 0.717) is 23.7 Å². The van der Waals surface area contributed by atoms with Crippen LogP contribution < -0.4 is 14.8 Å². The number of nitrogens with zero attached hydrogens (tertiary/aromatic N) is 2. The lowest BCUT2D eigenvalue weighted by Gasteiger charge is -2.07. The van der Waals surface area contributed by atoms with E-state index in [9.17, 15) is 13.2 Å². The van der Waals surface area contributed by atoms with Crippen molar-refractivity contribution in [3.8, 4) is 23.0 Å². The molecule has 0 aliphatic carbocycles. The van der Waals surface area contributed by atoms with Crippen LogP contribution in [0.5, 0.6) is 11.5 Å². The van der Waals surface area contributed by atoms with Crippen LogP contribution >= 0.6 is 0 Å². The number of carbonyl (C=O) groups excluding carboxylic acids is 1. The fraction of sp³-hybridized carbons (Fsp3) is 0.211. The van der Waals surface area contributed by atoms with E-state index in [0.717, 1.165) is 6.26 Å². The first-order valence-corrected chi connectivity index (χ1v) is 10.5. The van der Waals surface area contributed by atoms with Gasteiger partial charge in [0.15, 0.2) is 16.4 Å². The first-order chi connectivity index (χ1) is 13.8. The molecule has 0 unspecified atom stereocenters. The maximum absolute atomic E-state index is 12.0. The number of aromatic nitrogens is 2. The summed E-state index contributed by atoms with van der Waals surface area (Å²) >= 11 is 0. The molecule has 3 rings (SSSR count). The summed E-state index contributed by atoms with van der Waals surface area (Å²) in [6.45, 7) is 2.22. The maximum Gasteiger partial charge on any atom is 0.322 e. The first-order valence-electron chi connectivity index (χ1n) is 8.64. The summed E-state index contributed by atoms with van der Waals surface area (Å²) in [5.41, 5.74) is 0.524. The van der Waals surface area contributed by atoms with Crippen molar-refractivity contribution < 1.29 is 27.1 Å². The SMILES string of the molecule is CCOc1ccc(OCC(=O)Nc2nnc(-c3ccc(S(C)(=O)=O)cc3)o2)cc1. The van der Waals surface area contributed by atoms with Crippen molar-refractivity contribution in [3.05, 3.63) is 48.5 Å². The van der Waals surface area contributed by atoms with E-state index < -0.39 is 15.7 Å². The Morgan fingerprint density at radius 2 is 1.62 bits per heavy atom. The molecular formula is C19H19N3O6S. The molecule has 1 amide bonds. The number of nitrogens with one attached hydrogen (secondary N) is 1. The predicted octanol–water partition coefficient (Wildman–Crippen LogP) is 2.56. The van der Waals surface area contributed by atoms with Crippen molar-refractivity contribution in [2.24, 2.45) is 0 Å². The van der Waals surface area contributed by atoms with Crippen molar-refractivity contribution >= 4 is 21.8 Å². The number of amides is 1. The van der Waals surface area contributed by atoms with E-state index in [1.807, 2.05) is 6.92 Å². The van der Waals surface area contributed by atoms with Gasteiger partial charge in [-0.05, 0) is 55.5 Å². The van der Waals surface area contributed by atoms with Crippen LogP contribution in [-0.2, 0) is 14.6 Å². The van der Waals surface area contributed by atoms with Gasteiger partial charge in [-0.15, -0.1) is 5.10 Å². The number of benzene rings is 2. The van der Waals surface area contributed by atoms with Crippen LogP contribution in [0.15, 0.2) is 57.8 Å². The third-order valence-corrected chi connectivity index (χ3v) is 4.83. The molecule has 2 aromatic carbocycles. The van der Waals surface area contributed by atoms with Crippen molar-refractivity contribution in [3.63, 3.8) is 0 Å². The second kappa shape index (κ2) is 8.74. The Morgan fingerprint density at radius 3 is 2.21 bits per heavy atom. The minimum atomic E-state index is -3.29. The number of sulfone groups is 1. The second-order valence-electron chi connectivity index (χ2n) is 5.95. The summed E-state index contributed by atoms with van der Waals surface area (Å²) in [4.78, 5) is 12.2. The quantitative estimate of drug-likeness (QED) is 0.594. The van der Waals surface area contributed by atoms with E-state index in [-0.39, 0.29) is 23.4 Å². The molecule has 0 bridgehead atoms. The fourth-order valence-electron chi connectivity index (χ4n) is 2.34. The Kier molecular flexibility index (Phi) is 6.13. The number of hydrogen-bond donors (Lipinski definition) is 1. The third-order valence-electron chi connectivity index (χ3n) is 3.71. The lowest BCUT2D eigenvalue weighted by Crippen LogP contribution is -2.20. The molecule has 0 saturated carbocycles. The van der Waals surface area contributed by atoms with Gasteiger partial charge in [-0.1, -0.05) is 5.10 Å². The van der Waals surface area contributed by atoms with Gasteiger partial charge in [-0.25, -0.2) is 8.42 Å². The molecule has 1 N–H and O–H groups in total. The van der Waals surface area contributed by atoms with Crippen LogP contribution in [0.4, 0.5) is 6.01 Å². The molecule has 29 heavy (non-hydrogen) atoms. The minimum absolute atomic E-state index is 0.0903. The predicted molar refractivity (Wildman–Crippen MR) is 105 cm³/mol. The number of hydrogen-bond acceptors (Lipinski definition) is 8. The highest BCUT2D eigenvalue weighted by molar-refractivity contribution is 7.90. The van der Waals surface area contributed by atoms with Crippen molar-refractivity contribution in [1.82, 2.24) is 10.2 Å². The van der Waals surface area contributed by atoms with E-state index in [2.05, 4.69) is 15.5 Å². The molecule has 10 heteroatoms. The van der Waals surface area contributed by atoms with E-state index >= 15 is 0 Å². The van der Waals surface area contributed by atoms with Crippen molar-refractivity contribution in [2.45, 2.75) is 11.8 Å². The van der Waals surface area contributed by atoms with E-state index in [1.54, 1.807) is 36.4 Å². The Hall–Kier alpha value is -3.40. The van der Waals surface area contributed by atoms with E-state index in [1.165, 1.54) is 12.1 Å². The Morgan fingerprint density at radius 1 is 1.00 bits per heavy atom. The summed E-state index contributed by atoms with van der Waals surface area (Å²) in [6, 6.07) is 12.8. The third kappa shape index (κ3) is 5.55. The van der Waals surface area contributed by atoms with Gasteiger partial charge in [-0.2, -0.15) is 0 Å². The van der Waals surface area contributed by atoms with Gasteiger partial charge in [0.25, 0.3) is 5.91 Å². The zero-order valence-corrected chi connectivity index (χ0v) is 16.6. The van der Waals surface area contributed by atoms with Crippen LogP contribution in [-0.4, -0.2) is 44.0 Å². The summed E-state index contributed by atoms with van der Waals surface area (Å²) in [5.74, 6) is 0.905. The zero-order valence-electron chi connectivity index (χ0n) is 15.8. The lowest BCUT2D eigenvalue weighted by atomic mass is 10.2. The lowest BCUT2D eigenvalue weighted by molar-refractivity contribution is -0.118. The molecule has 152 valence electrons. The minimum Gasteiger partial charge on any atom is -0.494 e. The maximum atomic E-state index is 12.0. The number of anilines is 1. The van der Waals surface area contributed by atoms with Gasteiger partial charge in [0.2, 0.25) is 5.89 Å². The van der Waals surface area contributed by atoms with Crippen LogP contribution in [0.1, 0.15) is 6.92 Å². The standard InChI is InChI=1S/C19H19N3O6S/c1-3-26-14-6-8-15(9-7-14)27-12-17(23)20-19-22-21-18(28-19)13-4-10-16(11-5-13)29(2,24)25/h4-11H,3,12H2,1-2H3,(H,20,22,23). The normalized spacial score (nSPS) is 11.1. The summed E-state index contributed by atoms with van der Waals surface area (Å²) < 4.78 is 39.1. The molecule has 0 aliphatic rings. The molecule has 0 fully saturated rings. The average Bonchev–Trinajstić information content (AvgIpc) is 3.15. The molecule has 1 aromatic heterocycles. The fourth-order valence-corrected chi connectivity index (χ4v) is 2.97. The highest BCUT2D eigenvalue weighted by atomic mass is 32.2. The summed E-state index contributed by atoms with van der Waals surface area (Å²) in [5, 5.41) is 10.0. The summed E-state index contributed by atoms with van der Waals surface area (Å²) in [7, 11) is -3.29. The van der Waals surface area contributed by atoms with Gasteiger partial charge in [0.1, 0.15) is 11.5 Å². The summed E-state index contributed by atoms with van der Waals surface area (Å²) in [6.07, 6.45) is 1.12. The number of rotatable bonds is 8. The Bertz CT molecular complexity index is 1080. The van der Waals surface area contributed by atoms with Crippen molar-refractivity contribution in [1.29, 1.82) is 0 Å². The van der Waals surface area contributed by atoms with Gasteiger partial charge in [-0.3, -0.25) is 10.1 Å². The van der Waals surface area contributed by atoms with Crippen LogP contribution in [0.3, 0.4) is 0 Å². The second-order valence-corrected chi connectivity index (χ2v) is 7.97. The molecule has 0 spiro atoms. The van der Waals surface area contributed by atoms with Gasteiger partial charge < -0.3 is 13.9 Å². The molecule has 1 heterocycles. The van der Waals surface area contributed by atoms with Crippen LogP contribution in [0.2, 0.25) is 0 Å². The van der Waals surface area contributed by atoms with Gasteiger partial charge in [0.05, 0.1) is 11.5 Å². The monoisotopic (exact) mass is 417 g/mol. The topological polar surface area (TPSA) is 121 Å². The number of ether oxygens (including phenoxy) is 2. The highest BCUT2D eigenvalue weighted by Gasteiger charge is 2.13. The molecule has 0 saturated heterocycles. The first kappa shape index (κ1) is 20.3. The largest absolute Gasteiger partial charge is 0.494 e. The van der Waals surface area contributed by atoms with Crippen LogP contribution in [0, 0.1) is 0 Å². The van der Waals surface area contributed by atoms with Crippen molar-refractivity contribution in [2.75, 3.05) is 24.8 Å². The van der Waals surface area contributed by atoms with Gasteiger partial charge in [0, 0.05) is 11.8 Å². The van der Waals surface area contributed by atoms with Gasteiger partial charge >= 0.3 is 6.01 Å². The average molecular weight is 417 g/mol. The molecule has 0 radical (unpaired) electrons. The molecule has 0 aliphatic heterocycles. The van der Waals surface area contributed by atoms with Crippen LogP contribution in [0.25, 0.3) is 11.5 Å². The highest BCUT2D eigenvalue weighted by Crippen LogP contribution is 2.22. The van der Waals surface area contributed by atoms with E-state index in [4.69, 9.17) is 13.9 Å². The zero-order chi connectivity index (χ0) is 20.9. The molecule has 3 aromatic rings. The Balaban J connectivity index is 1.56. The number of carbonyl (C=O) groups is 1. The smallest absolute Gasteiger partial charge is 0.322 e. The Labute approximate surface area is 167 Å². The molecule has 0 atom stereocenters. The molecular weight excluding hydrogens is 398 g/mol.